The fourth-order valence-electron chi connectivity index (χ4n) is 4.38. The molecule has 9 heteroatoms. The van der Waals surface area contributed by atoms with E-state index in [1.807, 2.05) is 32.0 Å². The molecule has 1 aliphatic heterocycles. The van der Waals surface area contributed by atoms with Crippen molar-refractivity contribution in [3.63, 3.8) is 0 Å². The van der Waals surface area contributed by atoms with E-state index in [1.54, 1.807) is 28.9 Å². The van der Waals surface area contributed by atoms with Crippen molar-refractivity contribution in [2.75, 3.05) is 11.4 Å². The van der Waals surface area contributed by atoms with E-state index in [-0.39, 0.29) is 11.5 Å². The maximum absolute atomic E-state index is 14.2. The van der Waals surface area contributed by atoms with Crippen molar-refractivity contribution < 1.29 is 13.6 Å². The summed E-state index contributed by atoms with van der Waals surface area (Å²) in [6.45, 7) is 6.80. The van der Waals surface area contributed by atoms with Gasteiger partial charge in [0.05, 0.1) is 18.3 Å². The van der Waals surface area contributed by atoms with Crippen LogP contribution in [0.25, 0.3) is 22.3 Å². The summed E-state index contributed by atoms with van der Waals surface area (Å²) >= 11 is -1.52. The van der Waals surface area contributed by atoms with Gasteiger partial charge in [0.15, 0.2) is 5.82 Å². The number of halogens is 3. The molecule has 0 atom stereocenters. The molecule has 34 heavy (non-hydrogen) atoms. The van der Waals surface area contributed by atoms with Gasteiger partial charge >= 0.3 is 3.93 Å². The highest BCUT2D eigenvalue weighted by Gasteiger charge is 2.30. The molecule has 4 aromatic rings. The molecule has 0 aliphatic carbocycles. The molecular formula is C25H22F2IN5O. The zero-order chi connectivity index (χ0) is 24.2. The van der Waals surface area contributed by atoms with Gasteiger partial charge in [0, 0.05) is 40.5 Å². The van der Waals surface area contributed by atoms with E-state index in [4.69, 9.17) is 0 Å². The molecule has 1 aliphatic rings. The minimum absolute atomic E-state index is 0.0281. The second kappa shape index (κ2) is 8.30. The predicted octanol–water partition coefficient (Wildman–Crippen LogP) is 5.53. The summed E-state index contributed by atoms with van der Waals surface area (Å²) in [5, 5.41) is 4.85. The van der Waals surface area contributed by atoms with Crippen molar-refractivity contribution in [1.29, 1.82) is 0 Å². The Kier molecular flexibility index (Phi) is 5.54. The Bertz CT molecular complexity index is 1480. The lowest BCUT2D eigenvalue weighted by atomic mass is 10.0. The van der Waals surface area contributed by atoms with Crippen LogP contribution in [0.1, 0.15) is 32.7 Å². The number of benzene rings is 2. The Morgan fingerprint density at radius 2 is 1.82 bits per heavy atom. The van der Waals surface area contributed by atoms with Crippen LogP contribution < -0.4 is 4.90 Å². The third-order valence-corrected chi connectivity index (χ3v) is 7.70. The smallest absolute Gasteiger partial charge is 0.305 e. The van der Waals surface area contributed by atoms with E-state index >= 15 is 0 Å². The molecule has 2 aromatic heterocycles. The van der Waals surface area contributed by atoms with Crippen LogP contribution in [-0.4, -0.2) is 36.7 Å². The van der Waals surface area contributed by atoms with E-state index < -0.39 is 24.7 Å². The van der Waals surface area contributed by atoms with Gasteiger partial charge in [0.25, 0.3) is 5.91 Å². The Balaban J connectivity index is 1.50. The van der Waals surface area contributed by atoms with Gasteiger partial charge in [-0.15, -0.1) is 0 Å². The van der Waals surface area contributed by atoms with Gasteiger partial charge in [-0.3, -0.25) is 9.48 Å². The van der Waals surface area contributed by atoms with E-state index in [0.29, 0.717) is 41.1 Å². The van der Waals surface area contributed by atoms with Crippen molar-refractivity contribution in [3.8, 4) is 11.4 Å². The summed E-state index contributed by atoms with van der Waals surface area (Å²) in [4.78, 5) is 24.0. The average Bonchev–Trinajstić information content (AvgIpc) is 3.21. The van der Waals surface area contributed by atoms with Crippen molar-refractivity contribution >= 4 is 47.7 Å². The van der Waals surface area contributed by atoms with Gasteiger partial charge in [0.2, 0.25) is 0 Å². The molecule has 0 N–H and O–H groups in total. The van der Waals surface area contributed by atoms with E-state index in [2.05, 4.69) is 19.6 Å². The number of carbonyl (C=O) groups is 1. The molecule has 5 rings (SSSR count). The van der Waals surface area contributed by atoms with Crippen molar-refractivity contribution in [2.24, 2.45) is 0 Å². The number of alkyl halides is 3. The first-order chi connectivity index (χ1) is 16.2. The van der Waals surface area contributed by atoms with Gasteiger partial charge in [-0.1, -0.05) is 4.51 Å². The van der Waals surface area contributed by atoms with Crippen LogP contribution in [0.15, 0.2) is 42.7 Å². The van der Waals surface area contributed by atoms with Crippen LogP contribution in [0.3, 0.4) is 0 Å². The lowest BCUT2D eigenvalue weighted by molar-refractivity contribution is 0.0961. The normalized spacial score (nSPS) is 14.0. The van der Waals surface area contributed by atoms with E-state index in [0.717, 1.165) is 22.4 Å². The SMILES string of the molecule is C=IC(F)(F)c1cc(C)c2nc(-c3ccc(N4CCn5ncc(C)c5C4=O)c(C)c3)ncc2c1. The number of aryl methyl sites for hydroxylation is 3. The number of fused-ring (bicyclic) bond motifs is 2. The Morgan fingerprint density at radius 1 is 1.03 bits per heavy atom. The molecule has 174 valence electrons. The number of hydrogen-bond acceptors (Lipinski definition) is 4. The van der Waals surface area contributed by atoms with Gasteiger partial charge in [-0.2, -0.15) is 13.9 Å². The molecule has 0 spiro atoms. The van der Waals surface area contributed by atoms with E-state index in [9.17, 15) is 13.6 Å². The lowest BCUT2D eigenvalue weighted by Crippen LogP contribution is -2.41. The molecule has 1 amide bonds. The molecule has 0 radical (unpaired) electrons. The quantitative estimate of drug-likeness (QED) is 0.238. The molecule has 3 heterocycles. The molecule has 0 bridgehead atoms. The van der Waals surface area contributed by atoms with Crippen molar-refractivity contribution in [2.45, 2.75) is 31.2 Å². The van der Waals surface area contributed by atoms with Crippen molar-refractivity contribution in [1.82, 2.24) is 19.7 Å². The van der Waals surface area contributed by atoms with Crippen LogP contribution in [-0.2, 0) is 10.5 Å². The van der Waals surface area contributed by atoms with Crippen LogP contribution in [0.5, 0.6) is 0 Å². The number of anilines is 1. The van der Waals surface area contributed by atoms with Crippen LogP contribution >= 0.6 is 20.7 Å². The summed E-state index contributed by atoms with van der Waals surface area (Å²) in [5.74, 6) is 0.445. The van der Waals surface area contributed by atoms with Crippen LogP contribution in [0.2, 0.25) is 0 Å². The molecular weight excluding hydrogens is 551 g/mol. The highest BCUT2D eigenvalue weighted by molar-refractivity contribution is 14.2. The number of carbonyl (C=O) groups excluding carboxylic acids is 1. The maximum atomic E-state index is 14.2. The van der Waals surface area contributed by atoms with Crippen LogP contribution in [0.4, 0.5) is 14.5 Å². The molecule has 6 nitrogen and oxygen atoms in total. The van der Waals surface area contributed by atoms with Gasteiger partial charge in [-0.05, 0) is 83.0 Å². The predicted molar refractivity (Wildman–Crippen MR) is 138 cm³/mol. The summed E-state index contributed by atoms with van der Waals surface area (Å²) in [6, 6.07) is 8.70. The molecule has 2 aromatic carbocycles. The topological polar surface area (TPSA) is 63.9 Å². The monoisotopic (exact) mass is 573 g/mol. The Morgan fingerprint density at radius 3 is 2.56 bits per heavy atom. The minimum Gasteiger partial charge on any atom is -0.305 e. The first-order valence-corrected chi connectivity index (χ1v) is 13.3. The minimum atomic E-state index is -2.88. The summed E-state index contributed by atoms with van der Waals surface area (Å²) in [6.07, 6.45) is 3.31. The summed E-state index contributed by atoms with van der Waals surface area (Å²) in [7, 11) is 0. The molecule has 0 unspecified atom stereocenters. The zero-order valence-electron chi connectivity index (χ0n) is 18.9. The largest absolute Gasteiger partial charge is 0.316 e. The highest BCUT2D eigenvalue weighted by atomic mass is 127. The number of rotatable bonds is 4. The van der Waals surface area contributed by atoms with Gasteiger partial charge in [0.1, 0.15) is 5.69 Å². The zero-order valence-corrected chi connectivity index (χ0v) is 21.1. The van der Waals surface area contributed by atoms with Crippen molar-refractivity contribution in [3.05, 3.63) is 70.7 Å². The highest BCUT2D eigenvalue weighted by Crippen LogP contribution is 2.40. The summed E-state index contributed by atoms with van der Waals surface area (Å²) in [5.41, 5.74) is 5.32. The number of amides is 1. The van der Waals surface area contributed by atoms with Gasteiger partial charge < -0.3 is 4.90 Å². The lowest BCUT2D eigenvalue weighted by Gasteiger charge is -2.29. The number of hydrogen-bond donors (Lipinski definition) is 0. The second-order valence-electron chi connectivity index (χ2n) is 8.41. The standard InChI is InChI=1S/C25H22F2IN5O/c1-14-9-17(5-6-20(14)32-7-8-33-22(24(32)34)16(3)12-30-33)23-29-13-18-11-19(25(26,27)28-4)10-15(2)21(18)31-23/h5-6,9-13H,4,7-8H2,1-3H3. The second-order valence-corrected chi connectivity index (χ2v) is 10.5. The van der Waals surface area contributed by atoms with Crippen LogP contribution in [0, 0.1) is 20.8 Å². The third-order valence-electron chi connectivity index (χ3n) is 6.12. The third kappa shape index (κ3) is 3.71. The molecule has 0 fully saturated rings. The summed E-state index contributed by atoms with van der Waals surface area (Å²) < 4.78 is 30.7. The maximum Gasteiger partial charge on any atom is 0.316 e. The molecule has 0 saturated carbocycles. The first-order valence-electron chi connectivity index (χ1n) is 10.7. The number of nitrogens with zero attached hydrogens (tertiary/aromatic N) is 5. The Hall–Kier alpha value is -3.08. The fourth-order valence-corrected chi connectivity index (χ4v) is 5.13. The first kappa shape index (κ1) is 22.7. The average molecular weight is 573 g/mol. The fraction of sp³-hybridized carbons (Fsp3) is 0.240. The van der Waals surface area contributed by atoms with E-state index in [1.165, 1.54) is 12.1 Å². The van der Waals surface area contributed by atoms with Gasteiger partial charge in [-0.25, -0.2) is 9.97 Å². The molecule has 0 saturated heterocycles. The Labute approximate surface area is 205 Å². The number of aromatic nitrogens is 4.